The third kappa shape index (κ3) is 3.76. The molecule has 0 aliphatic carbocycles. The molecule has 2 aromatic heterocycles. The van der Waals surface area contributed by atoms with E-state index in [-0.39, 0.29) is 10.1 Å². The lowest BCUT2D eigenvalue weighted by Crippen LogP contribution is -2.44. The molecule has 0 aliphatic heterocycles. The molecule has 1 amide bonds. The van der Waals surface area contributed by atoms with Gasteiger partial charge in [0.2, 0.25) is 5.91 Å². The Balaban J connectivity index is 1.94. The molecule has 2 rings (SSSR count). The molecule has 22 heavy (non-hydrogen) atoms. The third-order valence-corrected chi connectivity index (χ3v) is 6.34. The highest BCUT2D eigenvalue weighted by Crippen LogP contribution is 2.15. The van der Waals surface area contributed by atoms with Gasteiger partial charge in [0, 0.05) is 18.4 Å². The van der Waals surface area contributed by atoms with Gasteiger partial charge in [-0.2, -0.15) is 4.72 Å². The van der Waals surface area contributed by atoms with E-state index in [2.05, 4.69) is 10.0 Å². The molecule has 0 aliphatic rings. The maximum Gasteiger partial charge on any atom is 0.250 e. The molecular formula is C14H19N3O3S2. The number of hydrogen-bond donors (Lipinski definition) is 2. The van der Waals surface area contributed by atoms with Crippen LogP contribution in [0.25, 0.3) is 0 Å². The summed E-state index contributed by atoms with van der Waals surface area (Å²) in [6.45, 7) is 3.86. The summed E-state index contributed by atoms with van der Waals surface area (Å²) in [5.74, 6) is -0.362. The van der Waals surface area contributed by atoms with Crippen molar-refractivity contribution in [3.63, 3.8) is 0 Å². The fraction of sp³-hybridized carbons (Fsp3) is 0.357. The summed E-state index contributed by atoms with van der Waals surface area (Å²) in [4.78, 5) is 12.0. The topological polar surface area (TPSA) is 80.2 Å². The van der Waals surface area contributed by atoms with Crippen molar-refractivity contribution in [1.29, 1.82) is 0 Å². The number of thiophene rings is 1. The van der Waals surface area contributed by atoms with Crippen LogP contribution in [0.1, 0.15) is 18.3 Å². The molecule has 0 radical (unpaired) electrons. The fourth-order valence-corrected chi connectivity index (χ4v) is 4.15. The van der Waals surface area contributed by atoms with Crippen LogP contribution in [-0.4, -0.2) is 24.9 Å². The largest absolute Gasteiger partial charge is 0.350 e. The average Bonchev–Trinajstić information content (AvgIpc) is 3.09. The van der Waals surface area contributed by atoms with Crippen LogP contribution in [0.3, 0.4) is 0 Å². The number of rotatable bonds is 6. The van der Waals surface area contributed by atoms with Crippen molar-refractivity contribution < 1.29 is 13.2 Å². The van der Waals surface area contributed by atoms with Crippen molar-refractivity contribution in [2.45, 2.75) is 30.6 Å². The van der Waals surface area contributed by atoms with Crippen molar-refractivity contribution in [2.75, 3.05) is 0 Å². The second kappa shape index (κ2) is 6.64. The highest BCUT2D eigenvalue weighted by atomic mass is 32.2. The Morgan fingerprint density at radius 2 is 2.09 bits per heavy atom. The summed E-state index contributed by atoms with van der Waals surface area (Å²) in [5.41, 5.74) is 2.05. The number of sulfonamides is 1. The Labute approximate surface area is 134 Å². The summed E-state index contributed by atoms with van der Waals surface area (Å²) in [5, 5.41) is 4.42. The van der Waals surface area contributed by atoms with Crippen LogP contribution < -0.4 is 10.0 Å². The quantitative estimate of drug-likeness (QED) is 0.833. The van der Waals surface area contributed by atoms with E-state index in [0.29, 0.717) is 6.54 Å². The van der Waals surface area contributed by atoms with Gasteiger partial charge in [-0.05, 0) is 37.4 Å². The lowest BCUT2D eigenvalue weighted by molar-refractivity contribution is -0.122. The minimum atomic E-state index is -3.65. The number of amides is 1. The zero-order chi connectivity index (χ0) is 16.3. The van der Waals surface area contributed by atoms with Crippen LogP contribution in [0.15, 0.2) is 33.9 Å². The zero-order valence-electron chi connectivity index (χ0n) is 12.7. The lowest BCUT2D eigenvalue weighted by atomic mass is 10.3. The fourth-order valence-electron chi connectivity index (χ4n) is 1.94. The van der Waals surface area contributed by atoms with Gasteiger partial charge in [-0.1, -0.05) is 6.07 Å². The van der Waals surface area contributed by atoms with Gasteiger partial charge in [0.05, 0.1) is 12.6 Å². The SMILES string of the molecule is Cc1ccc(CNC(=O)[C@@H](C)NS(=O)(=O)c2cccs2)n1C. The molecule has 0 unspecified atom stereocenters. The summed E-state index contributed by atoms with van der Waals surface area (Å²) < 4.78 is 28.7. The van der Waals surface area contributed by atoms with Gasteiger partial charge in [-0.25, -0.2) is 8.42 Å². The number of nitrogens with one attached hydrogen (secondary N) is 2. The van der Waals surface area contributed by atoms with Crippen molar-refractivity contribution in [3.8, 4) is 0 Å². The monoisotopic (exact) mass is 341 g/mol. The lowest BCUT2D eigenvalue weighted by Gasteiger charge is -2.14. The first-order chi connectivity index (χ1) is 10.3. The Bertz CT molecular complexity index is 748. The summed E-state index contributed by atoms with van der Waals surface area (Å²) in [7, 11) is -1.73. The summed E-state index contributed by atoms with van der Waals surface area (Å²) in [6.07, 6.45) is 0. The molecule has 0 saturated heterocycles. The molecule has 120 valence electrons. The van der Waals surface area contributed by atoms with Crippen molar-refractivity contribution >= 4 is 27.3 Å². The predicted molar refractivity (Wildman–Crippen MR) is 86.1 cm³/mol. The van der Waals surface area contributed by atoms with Gasteiger partial charge in [0.25, 0.3) is 10.0 Å². The maximum atomic E-state index is 12.1. The second-order valence-electron chi connectivity index (χ2n) is 5.02. The second-order valence-corrected chi connectivity index (χ2v) is 7.91. The minimum Gasteiger partial charge on any atom is -0.350 e. The normalized spacial score (nSPS) is 13.0. The van der Waals surface area contributed by atoms with E-state index in [1.807, 2.05) is 30.7 Å². The van der Waals surface area contributed by atoms with Crippen LogP contribution in [0.2, 0.25) is 0 Å². The summed E-state index contributed by atoms with van der Waals surface area (Å²) >= 11 is 1.11. The molecule has 0 bridgehead atoms. The molecule has 8 heteroatoms. The van der Waals surface area contributed by atoms with Gasteiger partial charge in [-0.3, -0.25) is 4.79 Å². The zero-order valence-corrected chi connectivity index (χ0v) is 14.3. The molecule has 0 spiro atoms. The first kappa shape index (κ1) is 16.7. The Morgan fingerprint density at radius 3 is 2.64 bits per heavy atom. The highest BCUT2D eigenvalue weighted by Gasteiger charge is 2.22. The molecule has 2 N–H and O–H groups in total. The molecule has 0 aromatic carbocycles. The van der Waals surface area contributed by atoms with Gasteiger partial charge >= 0.3 is 0 Å². The highest BCUT2D eigenvalue weighted by molar-refractivity contribution is 7.91. The van der Waals surface area contributed by atoms with E-state index in [1.54, 1.807) is 11.4 Å². The molecule has 2 heterocycles. The van der Waals surface area contributed by atoms with Crippen LogP contribution in [-0.2, 0) is 28.4 Å². The molecule has 0 saturated carbocycles. The van der Waals surface area contributed by atoms with Crippen molar-refractivity contribution in [2.24, 2.45) is 7.05 Å². The molecule has 0 fully saturated rings. The number of carbonyl (C=O) groups excluding carboxylic acids is 1. The Morgan fingerprint density at radius 1 is 1.36 bits per heavy atom. The number of hydrogen-bond acceptors (Lipinski definition) is 4. The first-order valence-electron chi connectivity index (χ1n) is 6.76. The molecule has 2 aromatic rings. The Hall–Kier alpha value is -1.64. The number of aryl methyl sites for hydroxylation is 1. The maximum absolute atomic E-state index is 12.1. The van der Waals surface area contributed by atoms with Gasteiger partial charge in [0.15, 0.2) is 0 Å². The van der Waals surface area contributed by atoms with Gasteiger partial charge < -0.3 is 9.88 Å². The van der Waals surface area contributed by atoms with Crippen LogP contribution in [0.4, 0.5) is 0 Å². The number of aromatic nitrogens is 1. The smallest absolute Gasteiger partial charge is 0.250 e. The van der Waals surface area contributed by atoms with Gasteiger partial charge in [-0.15, -0.1) is 11.3 Å². The van der Waals surface area contributed by atoms with Crippen LogP contribution >= 0.6 is 11.3 Å². The Kier molecular flexibility index (Phi) is 5.05. The van der Waals surface area contributed by atoms with Crippen molar-refractivity contribution in [1.82, 2.24) is 14.6 Å². The molecule has 1 atom stereocenters. The molecule has 6 nitrogen and oxygen atoms in total. The van der Waals surface area contributed by atoms with E-state index < -0.39 is 16.1 Å². The van der Waals surface area contributed by atoms with E-state index >= 15 is 0 Å². The van der Waals surface area contributed by atoms with Crippen LogP contribution in [0.5, 0.6) is 0 Å². The van der Waals surface area contributed by atoms with E-state index in [0.717, 1.165) is 22.7 Å². The number of carbonyl (C=O) groups is 1. The summed E-state index contributed by atoms with van der Waals surface area (Å²) in [6, 6.07) is 6.21. The van der Waals surface area contributed by atoms with Crippen LogP contribution in [0, 0.1) is 6.92 Å². The predicted octanol–water partition coefficient (Wildman–Crippen LogP) is 1.38. The van der Waals surface area contributed by atoms with E-state index in [4.69, 9.17) is 0 Å². The molecular weight excluding hydrogens is 322 g/mol. The standard InChI is InChI=1S/C14H19N3O3S2/c1-10-6-7-12(17(10)3)9-15-14(18)11(2)16-22(19,20)13-5-4-8-21-13/h4-8,11,16H,9H2,1-3H3,(H,15,18)/t11-/m1/s1. The minimum absolute atomic E-state index is 0.199. The average molecular weight is 341 g/mol. The van der Waals surface area contributed by atoms with E-state index in [1.165, 1.54) is 13.0 Å². The number of nitrogens with zero attached hydrogens (tertiary/aromatic N) is 1. The van der Waals surface area contributed by atoms with Gasteiger partial charge in [0.1, 0.15) is 4.21 Å². The first-order valence-corrected chi connectivity index (χ1v) is 9.12. The third-order valence-electron chi connectivity index (χ3n) is 3.41. The van der Waals surface area contributed by atoms with Crippen molar-refractivity contribution in [3.05, 3.63) is 41.0 Å². The van der Waals surface area contributed by atoms with E-state index in [9.17, 15) is 13.2 Å².